The van der Waals surface area contributed by atoms with E-state index in [1.165, 1.54) is 0 Å². The molecule has 4 nitrogen and oxygen atoms in total. The Kier molecular flexibility index (Phi) is 3.04. The normalized spacial score (nSPS) is 11.0. The van der Waals surface area contributed by atoms with Crippen molar-refractivity contribution in [1.29, 1.82) is 0 Å². The molecule has 0 radical (unpaired) electrons. The number of rotatable bonds is 3. The third-order valence-corrected chi connectivity index (χ3v) is 2.56. The fourth-order valence-electron chi connectivity index (χ4n) is 1.67. The van der Waals surface area contributed by atoms with E-state index in [0.717, 1.165) is 10.9 Å². The number of hydrogen-bond donors (Lipinski definition) is 3. The summed E-state index contributed by atoms with van der Waals surface area (Å²) in [5, 5.41) is 3.83. The average molecular weight is 231 g/mol. The summed E-state index contributed by atoms with van der Waals surface area (Å²) in [6.07, 6.45) is 0. The molecular formula is C13H17N3O. The van der Waals surface area contributed by atoms with Crippen LogP contribution >= 0.6 is 0 Å². The van der Waals surface area contributed by atoms with Crippen LogP contribution in [0.1, 0.15) is 24.3 Å². The zero-order valence-electron chi connectivity index (χ0n) is 10.1. The van der Waals surface area contributed by atoms with Gasteiger partial charge < -0.3 is 16.0 Å². The van der Waals surface area contributed by atoms with E-state index in [2.05, 4.69) is 24.1 Å². The van der Waals surface area contributed by atoms with Gasteiger partial charge in [-0.2, -0.15) is 0 Å². The first-order valence-electron chi connectivity index (χ1n) is 5.72. The first kappa shape index (κ1) is 11.5. The van der Waals surface area contributed by atoms with Gasteiger partial charge in [-0.1, -0.05) is 13.8 Å². The first-order valence-corrected chi connectivity index (χ1v) is 5.72. The van der Waals surface area contributed by atoms with Gasteiger partial charge in [-0.15, -0.1) is 0 Å². The maximum atomic E-state index is 11.8. The standard InChI is InChI=1S/C13H17N3O/c1-8(2)7-15-13(17)12-6-9-5-10(14)3-4-11(9)16-12/h3-6,8,16H,7,14H2,1-2H3,(H,15,17). The number of nitrogen functional groups attached to an aromatic ring is 1. The number of carbonyl (C=O) groups is 1. The molecule has 0 aliphatic heterocycles. The second kappa shape index (κ2) is 4.49. The topological polar surface area (TPSA) is 70.9 Å². The van der Waals surface area contributed by atoms with Gasteiger partial charge in [-0.3, -0.25) is 4.79 Å². The minimum atomic E-state index is -0.0755. The fourth-order valence-corrected chi connectivity index (χ4v) is 1.67. The maximum absolute atomic E-state index is 11.8. The summed E-state index contributed by atoms with van der Waals surface area (Å²) >= 11 is 0. The molecule has 1 amide bonds. The van der Waals surface area contributed by atoms with Crippen LogP contribution in [0.3, 0.4) is 0 Å². The molecule has 0 unspecified atom stereocenters. The lowest BCUT2D eigenvalue weighted by Crippen LogP contribution is -2.27. The highest BCUT2D eigenvalue weighted by molar-refractivity contribution is 5.98. The summed E-state index contributed by atoms with van der Waals surface area (Å²) in [5.74, 6) is 0.368. The van der Waals surface area contributed by atoms with Gasteiger partial charge in [0.05, 0.1) is 0 Å². The van der Waals surface area contributed by atoms with Crippen LogP contribution in [0.4, 0.5) is 5.69 Å². The Labute approximate surface area is 100 Å². The number of H-pyrrole nitrogens is 1. The molecule has 0 bridgehead atoms. The highest BCUT2D eigenvalue weighted by Gasteiger charge is 2.09. The van der Waals surface area contributed by atoms with E-state index in [9.17, 15) is 4.79 Å². The van der Waals surface area contributed by atoms with E-state index < -0.39 is 0 Å². The summed E-state index contributed by atoms with van der Waals surface area (Å²) < 4.78 is 0. The van der Waals surface area contributed by atoms with Crippen LogP contribution in [0, 0.1) is 5.92 Å². The van der Waals surface area contributed by atoms with Crippen LogP contribution in [0.15, 0.2) is 24.3 Å². The minimum absolute atomic E-state index is 0.0755. The Morgan fingerprint density at radius 3 is 2.88 bits per heavy atom. The van der Waals surface area contributed by atoms with E-state index in [-0.39, 0.29) is 5.91 Å². The lowest BCUT2D eigenvalue weighted by molar-refractivity contribution is 0.0945. The van der Waals surface area contributed by atoms with Crippen molar-refractivity contribution in [2.75, 3.05) is 12.3 Å². The van der Waals surface area contributed by atoms with Gasteiger partial charge in [0.15, 0.2) is 0 Å². The molecule has 17 heavy (non-hydrogen) atoms. The van der Waals surface area contributed by atoms with Crippen molar-refractivity contribution < 1.29 is 4.79 Å². The number of benzene rings is 1. The highest BCUT2D eigenvalue weighted by atomic mass is 16.1. The van der Waals surface area contributed by atoms with E-state index >= 15 is 0 Å². The van der Waals surface area contributed by atoms with Gasteiger partial charge in [-0.25, -0.2) is 0 Å². The molecule has 90 valence electrons. The summed E-state index contributed by atoms with van der Waals surface area (Å²) in [7, 11) is 0. The molecule has 0 aliphatic carbocycles. The van der Waals surface area contributed by atoms with Crippen LogP contribution in [0.2, 0.25) is 0 Å². The van der Waals surface area contributed by atoms with E-state index in [4.69, 9.17) is 5.73 Å². The van der Waals surface area contributed by atoms with Gasteiger partial charge >= 0.3 is 0 Å². The molecule has 2 rings (SSSR count). The number of anilines is 1. The fraction of sp³-hybridized carbons (Fsp3) is 0.308. The molecule has 0 spiro atoms. The molecule has 0 fully saturated rings. The van der Waals surface area contributed by atoms with E-state index in [1.54, 1.807) is 0 Å². The van der Waals surface area contributed by atoms with Crippen LogP contribution in [0.25, 0.3) is 10.9 Å². The van der Waals surface area contributed by atoms with Crippen molar-refractivity contribution in [3.8, 4) is 0 Å². The maximum Gasteiger partial charge on any atom is 0.267 e. The highest BCUT2D eigenvalue weighted by Crippen LogP contribution is 2.18. The van der Waals surface area contributed by atoms with Crippen molar-refractivity contribution >= 4 is 22.5 Å². The van der Waals surface area contributed by atoms with Crippen LogP contribution in [0.5, 0.6) is 0 Å². The van der Waals surface area contributed by atoms with E-state index in [0.29, 0.717) is 23.8 Å². The Bertz CT molecular complexity index is 543. The molecule has 4 heteroatoms. The molecule has 1 aromatic heterocycles. The molecule has 4 N–H and O–H groups in total. The molecular weight excluding hydrogens is 214 g/mol. The molecule has 2 aromatic rings. The van der Waals surface area contributed by atoms with Crippen molar-refractivity contribution in [2.24, 2.45) is 5.92 Å². The summed E-state index contributed by atoms with van der Waals surface area (Å²) in [6.45, 7) is 4.80. The number of hydrogen-bond acceptors (Lipinski definition) is 2. The number of aromatic amines is 1. The molecule has 0 aliphatic rings. The molecule has 0 atom stereocenters. The van der Waals surface area contributed by atoms with Gasteiger partial charge in [-0.05, 0) is 30.2 Å². The zero-order chi connectivity index (χ0) is 12.4. The largest absolute Gasteiger partial charge is 0.399 e. The molecule has 0 saturated heterocycles. The number of nitrogens with one attached hydrogen (secondary N) is 2. The average Bonchev–Trinajstić information content (AvgIpc) is 2.68. The number of carbonyl (C=O) groups excluding carboxylic acids is 1. The summed E-state index contributed by atoms with van der Waals surface area (Å²) in [6, 6.07) is 7.37. The Balaban J connectivity index is 2.21. The van der Waals surface area contributed by atoms with Crippen LogP contribution in [-0.2, 0) is 0 Å². The van der Waals surface area contributed by atoms with Crippen LogP contribution < -0.4 is 11.1 Å². The van der Waals surface area contributed by atoms with Crippen molar-refractivity contribution in [2.45, 2.75) is 13.8 Å². The predicted octanol–water partition coefficient (Wildman–Crippen LogP) is 2.14. The number of nitrogens with two attached hydrogens (primary N) is 1. The first-order chi connectivity index (χ1) is 8.06. The number of amides is 1. The van der Waals surface area contributed by atoms with Gasteiger partial charge in [0.1, 0.15) is 5.69 Å². The lowest BCUT2D eigenvalue weighted by atomic mass is 10.2. The monoisotopic (exact) mass is 231 g/mol. The predicted molar refractivity (Wildman–Crippen MR) is 69.9 cm³/mol. The minimum Gasteiger partial charge on any atom is -0.399 e. The number of aromatic nitrogens is 1. The second-order valence-corrected chi connectivity index (χ2v) is 4.63. The lowest BCUT2D eigenvalue weighted by Gasteiger charge is -2.05. The van der Waals surface area contributed by atoms with Crippen LogP contribution in [-0.4, -0.2) is 17.4 Å². The van der Waals surface area contributed by atoms with Gasteiger partial charge in [0.2, 0.25) is 0 Å². The van der Waals surface area contributed by atoms with Crippen molar-refractivity contribution in [3.63, 3.8) is 0 Å². The van der Waals surface area contributed by atoms with Gasteiger partial charge in [0, 0.05) is 23.1 Å². The van der Waals surface area contributed by atoms with Gasteiger partial charge in [0.25, 0.3) is 5.91 Å². The quantitative estimate of drug-likeness (QED) is 0.708. The third-order valence-electron chi connectivity index (χ3n) is 2.56. The smallest absolute Gasteiger partial charge is 0.267 e. The van der Waals surface area contributed by atoms with E-state index in [1.807, 2.05) is 24.3 Å². The van der Waals surface area contributed by atoms with Crippen molar-refractivity contribution in [3.05, 3.63) is 30.0 Å². The Hall–Kier alpha value is -1.97. The zero-order valence-corrected chi connectivity index (χ0v) is 10.1. The summed E-state index contributed by atoms with van der Waals surface area (Å²) in [5.41, 5.74) is 7.89. The molecule has 0 saturated carbocycles. The second-order valence-electron chi connectivity index (χ2n) is 4.63. The number of fused-ring (bicyclic) bond motifs is 1. The van der Waals surface area contributed by atoms with Crippen molar-refractivity contribution in [1.82, 2.24) is 10.3 Å². The Morgan fingerprint density at radius 2 is 2.18 bits per heavy atom. The molecule has 1 aromatic carbocycles. The Morgan fingerprint density at radius 1 is 1.41 bits per heavy atom. The summed E-state index contributed by atoms with van der Waals surface area (Å²) in [4.78, 5) is 14.9. The third kappa shape index (κ3) is 2.58. The SMILES string of the molecule is CC(C)CNC(=O)c1cc2cc(N)ccc2[nH]1. The molecule has 1 heterocycles.